The molecule has 30 heavy (non-hydrogen) atoms. The predicted octanol–water partition coefficient (Wildman–Crippen LogP) is 7.83. The summed E-state index contributed by atoms with van der Waals surface area (Å²) in [6.07, 6.45) is 3.71. The minimum atomic E-state index is 1.04. The number of halogens is 1. The van der Waals surface area contributed by atoms with Crippen molar-refractivity contribution >= 4 is 43.8 Å². The minimum absolute atomic E-state index is 1.04. The Kier molecular flexibility index (Phi) is 4.89. The third kappa shape index (κ3) is 3.12. The lowest BCUT2D eigenvalue weighted by molar-refractivity contribution is 0.341. The Bertz CT molecular complexity index is 1380. The van der Waals surface area contributed by atoms with Crippen LogP contribution >= 0.6 is 15.9 Å². The molecule has 1 heterocycles. The van der Waals surface area contributed by atoms with Crippen molar-refractivity contribution in [3.8, 4) is 16.8 Å². The lowest BCUT2D eigenvalue weighted by atomic mass is 9.98. The molecular weight excluding hydrogens is 434 g/mol. The largest absolute Gasteiger partial charge is 0.504 e. The molecule has 1 aromatic heterocycles. The van der Waals surface area contributed by atoms with E-state index in [1.807, 2.05) is 6.08 Å². The van der Waals surface area contributed by atoms with Gasteiger partial charge in [-0.15, -0.1) is 0 Å². The van der Waals surface area contributed by atoms with E-state index >= 15 is 0 Å². The maximum atomic E-state index is 5.17. The quantitative estimate of drug-likeness (QED) is 0.253. The van der Waals surface area contributed by atoms with Gasteiger partial charge in [-0.1, -0.05) is 70.5 Å². The molecule has 0 unspecified atom stereocenters. The second kappa shape index (κ2) is 7.85. The number of ether oxygens (including phenoxy) is 1. The van der Waals surface area contributed by atoms with E-state index in [9.17, 15) is 0 Å². The van der Waals surface area contributed by atoms with Gasteiger partial charge in [-0.3, -0.25) is 0 Å². The molecule has 0 saturated carbocycles. The van der Waals surface area contributed by atoms with Crippen molar-refractivity contribution in [1.82, 2.24) is 4.57 Å². The van der Waals surface area contributed by atoms with Crippen LogP contribution < -0.4 is 0 Å². The van der Waals surface area contributed by atoms with Gasteiger partial charge in [0, 0.05) is 20.9 Å². The number of para-hydroxylation sites is 2. The van der Waals surface area contributed by atoms with Gasteiger partial charge in [0.1, 0.15) is 0 Å². The van der Waals surface area contributed by atoms with Gasteiger partial charge in [0.05, 0.1) is 24.4 Å². The number of aromatic nitrogens is 1. The zero-order valence-electron chi connectivity index (χ0n) is 16.5. The standard InChI is InChI=1S/C27H20BrNO/c1-30-17-16-22-21(11-7-12-25(22)28)19-14-15-27-24(18-19)23-10-5-6-13-26(23)29(27)20-8-3-2-4-9-20/h2-18H,1H3/b17-16+. The first-order valence-electron chi connectivity index (χ1n) is 9.85. The van der Waals surface area contributed by atoms with E-state index < -0.39 is 0 Å². The summed E-state index contributed by atoms with van der Waals surface area (Å²) in [5, 5.41) is 2.50. The molecule has 0 saturated heterocycles. The average molecular weight is 454 g/mol. The molecule has 0 atom stereocenters. The molecule has 0 aliphatic heterocycles. The third-order valence-electron chi connectivity index (χ3n) is 5.42. The van der Waals surface area contributed by atoms with Crippen LogP contribution in [0.1, 0.15) is 5.56 Å². The fraction of sp³-hybridized carbons (Fsp3) is 0.0370. The highest BCUT2D eigenvalue weighted by Gasteiger charge is 2.14. The molecule has 2 nitrogen and oxygen atoms in total. The van der Waals surface area contributed by atoms with Crippen LogP contribution in [-0.2, 0) is 4.74 Å². The summed E-state index contributed by atoms with van der Waals surface area (Å²) >= 11 is 3.69. The first-order chi connectivity index (χ1) is 14.8. The fourth-order valence-electron chi connectivity index (χ4n) is 4.09. The lowest BCUT2D eigenvalue weighted by Gasteiger charge is -2.10. The van der Waals surface area contributed by atoms with Gasteiger partial charge in [-0.25, -0.2) is 0 Å². The van der Waals surface area contributed by atoms with E-state index in [1.165, 1.54) is 33.1 Å². The van der Waals surface area contributed by atoms with Crippen molar-refractivity contribution in [3.05, 3.63) is 107 Å². The van der Waals surface area contributed by atoms with E-state index in [0.717, 1.165) is 15.6 Å². The van der Waals surface area contributed by atoms with Gasteiger partial charge >= 0.3 is 0 Å². The Morgan fingerprint density at radius 1 is 0.767 bits per heavy atom. The highest BCUT2D eigenvalue weighted by molar-refractivity contribution is 9.10. The van der Waals surface area contributed by atoms with Crippen molar-refractivity contribution in [2.45, 2.75) is 0 Å². The highest BCUT2D eigenvalue weighted by atomic mass is 79.9. The Labute approximate surface area is 184 Å². The molecule has 5 rings (SSSR count). The number of nitrogens with zero attached hydrogens (tertiary/aromatic N) is 1. The SMILES string of the molecule is CO/C=C/c1c(Br)cccc1-c1ccc2c(c1)c1ccccc1n2-c1ccccc1. The van der Waals surface area contributed by atoms with Crippen molar-refractivity contribution in [3.63, 3.8) is 0 Å². The van der Waals surface area contributed by atoms with Crippen molar-refractivity contribution < 1.29 is 4.74 Å². The topological polar surface area (TPSA) is 14.2 Å². The summed E-state index contributed by atoms with van der Waals surface area (Å²) in [5.41, 5.74) is 7.03. The third-order valence-corrected chi connectivity index (χ3v) is 6.11. The second-order valence-corrected chi connectivity index (χ2v) is 8.01. The smallest absolute Gasteiger partial charge is 0.0831 e. The molecule has 0 bridgehead atoms. The first kappa shape index (κ1) is 18.7. The summed E-state index contributed by atoms with van der Waals surface area (Å²) in [6.45, 7) is 0. The van der Waals surface area contributed by atoms with E-state index in [-0.39, 0.29) is 0 Å². The maximum absolute atomic E-state index is 5.17. The van der Waals surface area contributed by atoms with Crippen LogP contribution in [0.2, 0.25) is 0 Å². The lowest BCUT2D eigenvalue weighted by Crippen LogP contribution is -1.93. The number of hydrogen-bond donors (Lipinski definition) is 0. The normalized spacial score (nSPS) is 11.5. The molecule has 5 aromatic rings. The predicted molar refractivity (Wildman–Crippen MR) is 130 cm³/mol. The number of methoxy groups -OCH3 is 1. The minimum Gasteiger partial charge on any atom is -0.504 e. The van der Waals surface area contributed by atoms with Crippen molar-refractivity contribution in [1.29, 1.82) is 0 Å². The second-order valence-electron chi connectivity index (χ2n) is 7.16. The summed E-state index contributed by atoms with van der Waals surface area (Å²) in [7, 11) is 1.66. The van der Waals surface area contributed by atoms with E-state index in [4.69, 9.17) is 4.74 Å². The van der Waals surface area contributed by atoms with Gasteiger partial charge in [0.15, 0.2) is 0 Å². The summed E-state index contributed by atoms with van der Waals surface area (Å²) in [4.78, 5) is 0. The molecule has 146 valence electrons. The van der Waals surface area contributed by atoms with Gasteiger partial charge in [-0.2, -0.15) is 0 Å². The van der Waals surface area contributed by atoms with Crippen LogP contribution in [-0.4, -0.2) is 11.7 Å². The van der Waals surface area contributed by atoms with Gasteiger partial charge in [0.2, 0.25) is 0 Å². The van der Waals surface area contributed by atoms with Crippen LogP contribution in [0, 0.1) is 0 Å². The Morgan fingerprint density at radius 3 is 2.37 bits per heavy atom. The number of rotatable bonds is 4. The number of fused-ring (bicyclic) bond motifs is 3. The molecule has 0 spiro atoms. The molecule has 0 aliphatic carbocycles. The molecule has 0 fully saturated rings. The molecular formula is C27H20BrNO. The molecule has 0 radical (unpaired) electrons. The molecule has 4 aromatic carbocycles. The van der Waals surface area contributed by atoms with Crippen LogP contribution in [0.4, 0.5) is 0 Å². The number of hydrogen-bond acceptors (Lipinski definition) is 1. The van der Waals surface area contributed by atoms with E-state index in [2.05, 4.69) is 111 Å². The van der Waals surface area contributed by atoms with Crippen LogP contribution in [0.5, 0.6) is 0 Å². The molecule has 0 N–H and O–H groups in total. The van der Waals surface area contributed by atoms with Gasteiger partial charge in [-0.05, 0) is 59.2 Å². The highest BCUT2D eigenvalue weighted by Crippen LogP contribution is 2.37. The van der Waals surface area contributed by atoms with Gasteiger partial charge < -0.3 is 9.30 Å². The summed E-state index contributed by atoms with van der Waals surface area (Å²) < 4.78 is 8.54. The summed E-state index contributed by atoms with van der Waals surface area (Å²) in [5.74, 6) is 0. The monoisotopic (exact) mass is 453 g/mol. The van der Waals surface area contributed by atoms with Crippen molar-refractivity contribution in [2.24, 2.45) is 0 Å². The first-order valence-corrected chi connectivity index (χ1v) is 10.6. The average Bonchev–Trinajstić information content (AvgIpc) is 3.12. The van der Waals surface area contributed by atoms with Crippen molar-refractivity contribution in [2.75, 3.05) is 7.11 Å². The molecule has 0 amide bonds. The zero-order chi connectivity index (χ0) is 20.5. The Morgan fingerprint density at radius 2 is 1.53 bits per heavy atom. The van der Waals surface area contributed by atoms with E-state index in [0.29, 0.717) is 0 Å². The zero-order valence-corrected chi connectivity index (χ0v) is 18.1. The molecule has 0 aliphatic rings. The van der Waals surface area contributed by atoms with E-state index in [1.54, 1.807) is 13.4 Å². The fourth-order valence-corrected chi connectivity index (χ4v) is 4.59. The summed E-state index contributed by atoms with van der Waals surface area (Å²) in [6, 6.07) is 32.1. The van der Waals surface area contributed by atoms with Crippen LogP contribution in [0.25, 0.3) is 44.7 Å². The number of benzene rings is 4. The van der Waals surface area contributed by atoms with Crippen LogP contribution in [0.15, 0.2) is 102 Å². The Hall–Kier alpha value is -3.30. The maximum Gasteiger partial charge on any atom is 0.0831 e. The molecule has 3 heteroatoms. The van der Waals surface area contributed by atoms with Crippen LogP contribution in [0.3, 0.4) is 0 Å². The van der Waals surface area contributed by atoms with Gasteiger partial charge in [0.25, 0.3) is 0 Å². The Balaban J connectivity index is 1.79.